The summed E-state index contributed by atoms with van der Waals surface area (Å²) in [6.45, 7) is 8.15. The third-order valence-corrected chi connectivity index (χ3v) is 8.49. The van der Waals surface area contributed by atoms with Crippen molar-refractivity contribution in [1.29, 1.82) is 0 Å². The van der Waals surface area contributed by atoms with Gasteiger partial charge in [0.15, 0.2) is 0 Å². The Morgan fingerprint density at radius 2 is 1.95 bits per heavy atom. The summed E-state index contributed by atoms with van der Waals surface area (Å²) < 4.78 is 11.5. The number of pyridine rings is 1. The van der Waals surface area contributed by atoms with Gasteiger partial charge in [-0.05, 0) is 75.6 Å². The molecular formula is C32H39N7O4. The summed E-state index contributed by atoms with van der Waals surface area (Å²) in [5, 5.41) is 6.64. The Hall–Kier alpha value is -4.41. The molecule has 1 saturated carbocycles. The molecule has 11 nitrogen and oxygen atoms in total. The van der Waals surface area contributed by atoms with Crippen molar-refractivity contribution in [2.45, 2.75) is 71.1 Å². The lowest BCUT2D eigenvalue weighted by Gasteiger charge is -2.52. The number of piperidine rings is 1. The number of benzene rings is 1. The predicted molar refractivity (Wildman–Crippen MR) is 163 cm³/mol. The normalized spacial score (nSPS) is 17.5. The Balaban J connectivity index is 1.02. The van der Waals surface area contributed by atoms with Crippen molar-refractivity contribution in [3.8, 4) is 17.0 Å². The second-order valence-electron chi connectivity index (χ2n) is 12.8. The van der Waals surface area contributed by atoms with Gasteiger partial charge in [-0.2, -0.15) is 0 Å². The van der Waals surface area contributed by atoms with Crippen molar-refractivity contribution < 1.29 is 19.1 Å². The third kappa shape index (κ3) is 6.35. The quantitative estimate of drug-likeness (QED) is 0.379. The van der Waals surface area contributed by atoms with E-state index in [4.69, 9.17) is 15.2 Å². The van der Waals surface area contributed by atoms with Crippen LogP contribution in [0, 0.1) is 5.41 Å². The molecule has 3 aromatic rings. The second kappa shape index (κ2) is 11.3. The molecule has 1 aromatic carbocycles. The van der Waals surface area contributed by atoms with Crippen LogP contribution in [0.5, 0.6) is 5.75 Å². The van der Waals surface area contributed by atoms with Gasteiger partial charge in [0.25, 0.3) is 5.91 Å². The molecule has 4 N–H and O–H groups in total. The van der Waals surface area contributed by atoms with E-state index in [1.54, 1.807) is 18.5 Å². The van der Waals surface area contributed by atoms with Crippen molar-refractivity contribution in [1.82, 2.24) is 25.2 Å². The molecule has 0 radical (unpaired) electrons. The summed E-state index contributed by atoms with van der Waals surface area (Å²) >= 11 is 0. The maximum atomic E-state index is 13.1. The maximum absolute atomic E-state index is 13.1. The zero-order chi connectivity index (χ0) is 30.2. The highest BCUT2D eigenvalue weighted by atomic mass is 16.6. The van der Waals surface area contributed by atoms with Crippen LogP contribution in [0.2, 0.25) is 0 Å². The summed E-state index contributed by atoms with van der Waals surface area (Å²) in [6.07, 6.45) is 7.63. The Morgan fingerprint density at radius 3 is 2.70 bits per heavy atom. The summed E-state index contributed by atoms with van der Waals surface area (Å²) in [6, 6.07) is 9.61. The molecule has 2 fully saturated rings. The van der Waals surface area contributed by atoms with Gasteiger partial charge < -0.3 is 30.7 Å². The van der Waals surface area contributed by atoms with E-state index in [0.29, 0.717) is 37.5 Å². The highest BCUT2D eigenvalue weighted by molar-refractivity contribution is 5.94. The molecule has 1 spiro atoms. The molecule has 2 aliphatic heterocycles. The minimum absolute atomic E-state index is 0.0613. The first-order chi connectivity index (χ1) is 20.6. The van der Waals surface area contributed by atoms with Crippen LogP contribution in [0.15, 0.2) is 42.7 Å². The minimum Gasteiger partial charge on any atom is -0.492 e. The molecule has 0 atom stereocenters. The van der Waals surface area contributed by atoms with Crippen LogP contribution in [-0.4, -0.2) is 63.2 Å². The number of hydrogen-bond donors (Lipinski definition) is 3. The van der Waals surface area contributed by atoms with Gasteiger partial charge in [-0.15, -0.1) is 0 Å². The smallest absolute Gasteiger partial charge is 0.410 e. The predicted octanol–water partition coefficient (Wildman–Crippen LogP) is 4.58. The largest absolute Gasteiger partial charge is 0.492 e. The van der Waals surface area contributed by atoms with Gasteiger partial charge in [-0.1, -0.05) is 12.1 Å². The third-order valence-electron chi connectivity index (χ3n) is 8.49. The molecule has 226 valence electrons. The number of hydrogen-bond acceptors (Lipinski definition) is 9. The second-order valence-corrected chi connectivity index (χ2v) is 12.8. The van der Waals surface area contributed by atoms with E-state index >= 15 is 0 Å². The average Bonchev–Trinajstić information content (AvgIpc) is 3.45. The SMILES string of the molecule is CC(C)(C)OC(=O)N1CCC2(CC1)CC(NC(=O)c1cccc(CNc3ncc(-c4ccnc(N)n4)c4c3CCO4)c1)C2. The number of amides is 2. The van der Waals surface area contributed by atoms with Crippen molar-refractivity contribution in [3.63, 3.8) is 0 Å². The number of fused-ring (bicyclic) bond motifs is 1. The summed E-state index contributed by atoms with van der Waals surface area (Å²) in [5.74, 6) is 1.66. The van der Waals surface area contributed by atoms with Crippen LogP contribution in [0.25, 0.3) is 11.3 Å². The van der Waals surface area contributed by atoms with Gasteiger partial charge in [0, 0.05) is 55.6 Å². The van der Waals surface area contributed by atoms with Crippen LogP contribution >= 0.6 is 0 Å². The van der Waals surface area contributed by atoms with Gasteiger partial charge >= 0.3 is 6.09 Å². The fraction of sp³-hybridized carbons (Fsp3) is 0.469. The molecular weight excluding hydrogens is 546 g/mol. The molecule has 1 saturated heterocycles. The van der Waals surface area contributed by atoms with E-state index in [2.05, 4.69) is 25.6 Å². The van der Waals surface area contributed by atoms with Crippen molar-refractivity contribution in [2.24, 2.45) is 5.41 Å². The van der Waals surface area contributed by atoms with E-state index in [1.807, 2.05) is 49.9 Å². The number of aromatic nitrogens is 3. The van der Waals surface area contributed by atoms with Crippen LogP contribution in [-0.2, 0) is 17.7 Å². The van der Waals surface area contributed by atoms with Crippen LogP contribution < -0.4 is 21.1 Å². The Kier molecular flexibility index (Phi) is 7.57. The molecule has 2 amide bonds. The first-order valence-electron chi connectivity index (χ1n) is 14.9. The number of carbonyl (C=O) groups is 2. The first-order valence-corrected chi connectivity index (χ1v) is 14.9. The first kappa shape index (κ1) is 28.7. The molecule has 0 bridgehead atoms. The zero-order valence-electron chi connectivity index (χ0n) is 25.0. The molecule has 0 unspecified atom stereocenters. The minimum atomic E-state index is -0.489. The molecule has 4 heterocycles. The van der Waals surface area contributed by atoms with Crippen molar-refractivity contribution in [3.05, 3.63) is 59.4 Å². The molecule has 3 aliphatic rings. The molecule has 1 aliphatic carbocycles. The number of anilines is 2. The lowest BCUT2D eigenvalue weighted by Crippen LogP contribution is -2.55. The molecule has 6 rings (SSSR count). The number of nitrogens with two attached hydrogens (primary N) is 1. The van der Waals surface area contributed by atoms with E-state index in [1.165, 1.54) is 0 Å². The Morgan fingerprint density at radius 1 is 1.16 bits per heavy atom. The van der Waals surface area contributed by atoms with E-state index in [9.17, 15) is 9.59 Å². The van der Waals surface area contributed by atoms with E-state index in [-0.39, 0.29) is 29.4 Å². The molecule has 2 aromatic heterocycles. The van der Waals surface area contributed by atoms with E-state index in [0.717, 1.165) is 60.4 Å². The number of nitrogen functional groups attached to an aromatic ring is 1. The summed E-state index contributed by atoms with van der Waals surface area (Å²) in [4.78, 5) is 40.3. The fourth-order valence-electron chi connectivity index (χ4n) is 6.31. The van der Waals surface area contributed by atoms with Crippen LogP contribution in [0.3, 0.4) is 0 Å². The molecule has 43 heavy (non-hydrogen) atoms. The Labute approximate surface area is 251 Å². The topological polar surface area (TPSA) is 145 Å². The van der Waals surface area contributed by atoms with Crippen LogP contribution in [0.4, 0.5) is 16.6 Å². The summed E-state index contributed by atoms with van der Waals surface area (Å²) in [7, 11) is 0. The lowest BCUT2D eigenvalue weighted by atomic mass is 9.60. The fourth-order valence-corrected chi connectivity index (χ4v) is 6.31. The van der Waals surface area contributed by atoms with Gasteiger partial charge in [-0.3, -0.25) is 4.79 Å². The van der Waals surface area contributed by atoms with Crippen LogP contribution in [0.1, 0.15) is 67.9 Å². The van der Waals surface area contributed by atoms with Gasteiger partial charge in [0.1, 0.15) is 17.2 Å². The number of rotatable bonds is 6. The number of nitrogens with zero attached hydrogens (tertiary/aromatic N) is 4. The number of carbonyl (C=O) groups excluding carboxylic acids is 2. The highest BCUT2D eigenvalue weighted by Gasteiger charge is 2.47. The number of likely N-dealkylation sites (tertiary alicyclic amines) is 1. The monoisotopic (exact) mass is 585 g/mol. The standard InChI is InChI=1S/C32H39N7O4/c1-31(2,3)43-30(41)39-12-9-32(10-13-39)16-22(17-32)37-28(40)21-6-4-5-20(15-21)18-35-27-23-8-14-42-26(23)24(19-36-27)25-7-11-34-29(33)38-25/h4-7,11,15,19,22H,8-10,12-14,16-18H2,1-3H3,(H,35,36)(H,37,40)(H2,33,34,38). The Bertz CT molecular complexity index is 1520. The van der Waals surface area contributed by atoms with Gasteiger partial charge in [0.05, 0.1) is 17.9 Å². The van der Waals surface area contributed by atoms with Crippen molar-refractivity contribution >= 4 is 23.8 Å². The average molecular weight is 586 g/mol. The summed E-state index contributed by atoms with van der Waals surface area (Å²) in [5.41, 5.74) is 9.57. The maximum Gasteiger partial charge on any atom is 0.410 e. The molecule has 11 heteroatoms. The van der Waals surface area contributed by atoms with Gasteiger partial charge in [0.2, 0.25) is 5.95 Å². The highest BCUT2D eigenvalue weighted by Crippen LogP contribution is 2.49. The zero-order valence-corrected chi connectivity index (χ0v) is 25.0. The van der Waals surface area contributed by atoms with Gasteiger partial charge in [-0.25, -0.2) is 19.7 Å². The van der Waals surface area contributed by atoms with E-state index < -0.39 is 5.60 Å². The number of ether oxygens (including phenoxy) is 2. The van der Waals surface area contributed by atoms with Crippen molar-refractivity contribution in [2.75, 3.05) is 30.7 Å². The number of nitrogens with one attached hydrogen (secondary N) is 2. The lowest BCUT2D eigenvalue weighted by molar-refractivity contribution is -0.0151.